The van der Waals surface area contributed by atoms with Gasteiger partial charge in [-0.3, -0.25) is 4.99 Å². The largest absolute Gasteiger partial charge is 0.508 e. The lowest BCUT2D eigenvalue weighted by atomic mass is 10.2. The highest BCUT2D eigenvalue weighted by molar-refractivity contribution is 5.98. The second kappa shape index (κ2) is 4.64. The minimum Gasteiger partial charge on any atom is -0.508 e. The molecule has 0 spiro atoms. The zero-order valence-electron chi connectivity index (χ0n) is 9.36. The number of aliphatic imine (C=N–C) groups is 1. The Morgan fingerprint density at radius 2 is 1.80 bits per heavy atom. The van der Waals surface area contributed by atoms with Crippen LogP contribution in [0.1, 0.15) is 13.8 Å². The Hall–Kier alpha value is -1.77. The lowest BCUT2D eigenvalue weighted by molar-refractivity contribution is 0.475. The molecule has 1 rings (SSSR count). The van der Waals surface area contributed by atoms with Crippen molar-refractivity contribution in [2.45, 2.75) is 13.8 Å². The quantitative estimate of drug-likeness (QED) is 0.594. The van der Waals surface area contributed by atoms with Gasteiger partial charge in [0.05, 0.1) is 0 Å². The van der Waals surface area contributed by atoms with Gasteiger partial charge in [-0.15, -0.1) is 0 Å². The summed E-state index contributed by atoms with van der Waals surface area (Å²) >= 11 is 0. The SMILES string of the molecule is C=C(C)N(C(C)=NC)c1ccc(O)cc1. The molecule has 15 heavy (non-hydrogen) atoms. The van der Waals surface area contributed by atoms with Gasteiger partial charge in [-0.1, -0.05) is 6.58 Å². The normalized spacial score (nSPS) is 11.3. The van der Waals surface area contributed by atoms with E-state index in [4.69, 9.17) is 0 Å². The van der Waals surface area contributed by atoms with Gasteiger partial charge in [0.15, 0.2) is 0 Å². The van der Waals surface area contributed by atoms with Gasteiger partial charge in [0.25, 0.3) is 0 Å². The van der Waals surface area contributed by atoms with Crippen LogP contribution in [0.5, 0.6) is 5.75 Å². The zero-order chi connectivity index (χ0) is 11.4. The molecule has 0 saturated carbocycles. The van der Waals surface area contributed by atoms with Gasteiger partial charge in [0.2, 0.25) is 0 Å². The Bertz CT molecular complexity index is 379. The van der Waals surface area contributed by atoms with Crippen LogP contribution in [0, 0.1) is 0 Å². The predicted molar refractivity (Wildman–Crippen MR) is 64.4 cm³/mol. The number of aromatic hydroxyl groups is 1. The molecular weight excluding hydrogens is 188 g/mol. The van der Waals surface area contributed by atoms with Gasteiger partial charge < -0.3 is 10.0 Å². The van der Waals surface area contributed by atoms with Crippen molar-refractivity contribution in [3.8, 4) is 5.75 Å². The second-order valence-corrected chi connectivity index (χ2v) is 3.36. The Labute approximate surface area is 90.4 Å². The number of hydrogen-bond acceptors (Lipinski definition) is 2. The summed E-state index contributed by atoms with van der Waals surface area (Å²) in [4.78, 5) is 6.06. The van der Waals surface area contributed by atoms with E-state index in [1.54, 1.807) is 19.2 Å². The molecule has 0 radical (unpaired) electrons. The maximum atomic E-state index is 9.20. The molecule has 0 aliphatic carbocycles. The van der Waals surface area contributed by atoms with Crippen molar-refractivity contribution in [3.05, 3.63) is 36.5 Å². The maximum Gasteiger partial charge on any atom is 0.115 e. The van der Waals surface area contributed by atoms with Gasteiger partial charge in [-0.05, 0) is 38.1 Å². The summed E-state index contributed by atoms with van der Waals surface area (Å²) < 4.78 is 0. The van der Waals surface area contributed by atoms with E-state index < -0.39 is 0 Å². The number of benzene rings is 1. The van der Waals surface area contributed by atoms with Crippen molar-refractivity contribution in [1.29, 1.82) is 0 Å². The molecule has 0 aromatic heterocycles. The van der Waals surface area contributed by atoms with E-state index in [0.717, 1.165) is 17.2 Å². The number of anilines is 1. The number of amidine groups is 1. The number of phenolic OH excluding ortho intramolecular Hbond substituents is 1. The summed E-state index contributed by atoms with van der Waals surface area (Å²) in [6, 6.07) is 6.96. The molecular formula is C12H16N2O. The van der Waals surface area contributed by atoms with Crippen LogP contribution in [-0.2, 0) is 0 Å². The van der Waals surface area contributed by atoms with Gasteiger partial charge in [-0.2, -0.15) is 0 Å². The summed E-state index contributed by atoms with van der Waals surface area (Å²) in [6.07, 6.45) is 0. The first-order chi connectivity index (χ1) is 7.06. The lowest BCUT2D eigenvalue weighted by Gasteiger charge is -2.24. The van der Waals surface area contributed by atoms with Crippen LogP contribution in [0.25, 0.3) is 0 Å². The molecule has 0 aliphatic rings. The Balaban J connectivity index is 3.10. The minimum atomic E-state index is 0.256. The van der Waals surface area contributed by atoms with E-state index in [1.165, 1.54) is 0 Å². The molecule has 1 aromatic rings. The number of hydrogen-bond donors (Lipinski definition) is 1. The van der Waals surface area contributed by atoms with Crippen LogP contribution in [0.2, 0.25) is 0 Å². The summed E-state index contributed by atoms with van der Waals surface area (Å²) in [7, 11) is 1.74. The highest BCUT2D eigenvalue weighted by Crippen LogP contribution is 2.21. The van der Waals surface area contributed by atoms with E-state index in [-0.39, 0.29) is 5.75 Å². The molecule has 0 unspecified atom stereocenters. The van der Waals surface area contributed by atoms with Gasteiger partial charge in [-0.25, -0.2) is 0 Å². The maximum absolute atomic E-state index is 9.20. The summed E-state index contributed by atoms with van der Waals surface area (Å²) in [5.41, 5.74) is 1.84. The van der Waals surface area contributed by atoms with Crippen LogP contribution >= 0.6 is 0 Å². The van der Waals surface area contributed by atoms with Crippen LogP contribution < -0.4 is 4.90 Å². The fourth-order valence-electron chi connectivity index (χ4n) is 1.39. The van der Waals surface area contributed by atoms with Crippen LogP contribution in [0.3, 0.4) is 0 Å². The lowest BCUT2D eigenvalue weighted by Crippen LogP contribution is -2.25. The second-order valence-electron chi connectivity index (χ2n) is 3.36. The first-order valence-corrected chi connectivity index (χ1v) is 4.74. The molecule has 3 nitrogen and oxygen atoms in total. The van der Waals surface area contributed by atoms with Crippen molar-refractivity contribution >= 4 is 11.5 Å². The van der Waals surface area contributed by atoms with Gasteiger partial charge in [0.1, 0.15) is 11.6 Å². The highest BCUT2D eigenvalue weighted by atomic mass is 16.3. The Kier molecular flexibility index (Phi) is 3.50. The molecule has 3 heteroatoms. The number of allylic oxidation sites excluding steroid dienone is 1. The first kappa shape index (κ1) is 11.3. The predicted octanol–water partition coefficient (Wildman–Crippen LogP) is 2.78. The van der Waals surface area contributed by atoms with Crippen LogP contribution in [0.15, 0.2) is 41.5 Å². The summed E-state index contributed by atoms with van der Waals surface area (Å²) in [6.45, 7) is 7.74. The van der Waals surface area contributed by atoms with E-state index in [9.17, 15) is 5.11 Å². The average molecular weight is 204 g/mol. The zero-order valence-corrected chi connectivity index (χ0v) is 9.36. The van der Waals surface area contributed by atoms with Crippen molar-refractivity contribution < 1.29 is 5.11 Å². The standard InChI is InChI=1S/C12H16N2O/c1-9(2)14(10(3)13-4)11-5-7-12(15)8-6-11/h5-8,15H,1H2,2-4H3. The number of phenols is 1. The molecule has 0 aliphatic heterocycles. The van der Waals surface area contributed by atoms with E-state index >= 15 is 0 Å². The fraction of sp³-hybridized carbons (Fsp3) is 0.250. The number of rotatable bonds is 2. The van der Waals surface area contributed by atoms with Crippen molar-refractivity contribution in [3.63, 3.8) is 0 Å². The van der Waals surface area contributed by atoms with E-state index in [0.29, 0.717) is 0 Å². The Morgan fingerprint density at radius 1 is 1.27 bits per heavy atom. The molecule has 0 saturated heterocycles. The van der Waals surface area contributed by atoms with Gasteiger partial charge in [0, 0.05) is 18.4 Å². The fourth-order valence-corrected chi connectivity index (χ4v) is 1.39. The molecule has 0 amide bonds. The molecule has 0 atom stereocenters. The monoisotopic (exact) mass is 204 g/mol. The highest BCUT2D eigenvalue weighted by Gasteiger charge is 2.09. The molecule has 1 N–H and O–H groups in total. The molecule has 80 valence electrons. The van der Waals surface area contributed by atoms with E-state index in [1.807, 2.05) is 30.9 Å². The molecule has 0 fully saturated rings. The van der Waals surface area contributed by atoms with Crippen molar-refractivity contribution in [1.82, 2.24) is 0 Å². The van der Waals surface area contributed by atoms with Crippen LogP contribution in [-0.4, -0.2) is 18.0 Å². The summed E-state index contributed by atoms with van der Waals surface area (Å²) in [5.74, 6) is 1.12. The Morgan fingerprint density at radius 3 is 2.20 bits per heavy atom. The molecule has 0 heterocycles. The minimum absolute atomic E-state index is 0.256. The molecule has 1 aromatic carbocycles. The van der Waals surface area contributed by atoms with Crippen LogP contribution in [0.4, 0.5) is 5.69 Å². The van der Waals surface area contributed by atoms with Gasteiger partial charge >= 0.3 is 0 Å². The topological polar surface area (TPSA) is 35.8 Å². The first-order valence-electron chi connectivity index (χ1n) is 4.74. The van der Waals surface area contributed by atoms with Crippen molar-refractivity contribution in [2.75, 3.05) is 11.9 Å². The average Bonchev–Trinajstić information content (AvgIpc) is 2.20. The third-order valence-electron chi connectivity index (χ3n) is 2.14. The summed E-state index contributed by atoms with van der Waals surface area (Å²) in [5, 5.41) is 9.20. The third-order valence-corrected chi connectivity index (χ3v) is 2.14. The van der Waals surface area contributed by atoms with Crippen molar-refractivity contribution in [2.24, 2.45) is 4.99 Å². The van der Waals surface area contributed by atoms with E-state index in [2.05, 4.69) is 11.6 Å². The molecule has 0 bridgehead atoms. The third kappa shape index (κ3) is 2.59. The smallest absolute Gasteiger partial charge is 0.115 e. The number of nitrogens with zero attached hydrogens (tertiary/aromatic N) is 2.